The fourth-order valence-corrected chi connectivity index (χ4v) is 4.89. The summed E-state index contributed by atoms with van der Waals surface area (Å²) in [6, 6.07) is 11.0. The van der Waals surface area contributed by atoms with Crippen LogP contribution in [-0.2, 0) is 10.0 Å². The maximum absolute atomic E-state index is 13.1. The quantitative estimate of drug-likeness (QED) is 0.706. The van der Waals surface area contributed by atoms with Crippen molar-refractivity contribution in [2.45, 2.75) is 24.7 Å². The molecular formula is C19H19N3O3S. The Bertz CT molecular complexity index is 1040. The molecule has 1 fully saturated rings. The molecule has 26 heavy (non-hydrogen) atoms. The van der Waals surface area contributed by atoms with Crippen LogP contribution in [0.25, 0.3) is 11.3 Å². The molecule has 0 unspecified atom stereocenters. The Balaban J connectivity index is 1.60. The minimum absolute atomic E-state index is 0.145. The molecule has 1 saturated heterocycles. The number of oxazole rings is 1. The number of aromatic nitrogens is 2. The van der Waals surface area contributed by atoms with Gasteiger partial charge in [-0.05, 0) is 30.7 Å². The number of benzene rings is 1. The fourth-order valence-electron chi connectivity index (χ4n) is 3.10. The van der Waals surface area contributed by atoms with E-state index in [0.29, 0.717) is 40.8 Å². The van der Waals surface area contributed by atoms with Gasteiger partial charge in [0.25, 0.3) is 0 Å². The Labute approximate surface area is 152 Å². The van der Waals surface area contributed by atoms with E-state index < -0.39 is 10.0 Å². The van der Waals surface area contributed by atoms with Gasteiger partial charge in [0.2, 0.25) is 10.0 Å². The van der Waals surface area contributed by atoms with Gasteiger partial charge in [-0.15, -0.1) is 0 Å². The molecule has 0 spiro atoms. The van der Waals surface area contributed by atoms with Crippen molar-refractivity contribution in [3.8, 4) is 11.3 Å². The second kappa shape index (κ2) is 6.34. The van der Waals surface area contributed by atoms with Crippen LogP contribution in [-0.4, -0.2) is 35.8 Å². The van der Waals surface area contributed by atoms with Gasteiger partial charge >= 0.3 is 0 Å². The van der Waals surface area contributed by atoms with Gasteiger partial charge in [0.15, 0.2) is 11.7 Å². The Morgan fingerprint density at radius 3 is 2.58 bits per heavy atom. The van der Waals surface area contributed by atoms with Crippen LogP contribution in [0.15, 0.2) is 58.1 Å². The highest BCUT2D eigenvalue weighted by molar-refractivity contribution is 7.89. The molecule has 0 saturated carbocycles. The lowest BCUT2D eigenvalue weighted by Crippen LogP contribution is -2.48. The van der Waals surface area contributed by atoms with Gasteiger partial charge in [-0.25, -0.2) is 13.4 Å². The van der Waals surface area contributed by atoms with Crippen LogP contribution in [0.3, 0.4) is 0 Å². The van der Waals surface area contributed by atoms with E-state index in [9.17, 15) is 8.42 Å². The van der Waals surface area contributed by atoms with Crippen LogP contribution >= 0.6 is 0 Å². The fraction of sp³-hybridized carbons (Fsp3) is 0.263. The standard InChI is InChI=1S/C19H19N3O3S/c1-13-6-7-15(18-10-21-14(2)25-18)9-19(13)26(23,24)22-11-16(12-22)17-5-3-4-8-20-17/h3-10,16H,11-12H2,1-2H3. The predicted octanol–water partition coefficient (Wildman–Crippen LogP) is 3.14. The summed E-state index contributed by atoms with van der Waals surface area (Å²) < 4.78 is 33.1. The highest BCUT2D eigenvalue weighted by Crippen LogP contribution is 2.33. The summed E-state index contributed by atoms with van der Waals surface area (Å²) in [5, 5.41) is 0. The summed E-state index contributed by atoms with van der Waals surface area (Å²) in [6.45, 7) is 4.46. The van der Waals surface area contributed by atoms with Gasteiger partial charge in [0, 0.05) is 43.4 Å². The second-order valence-electron chi connectivity index (χ2n) is 6.50. The lowest BCUT2D eigenvalue weighted by atomic mass is 9.99. The minimum atomic E-state index is -3.55. The van der Waals surface area contributed by atoms with E-state index in [1.807, 2.05) is 24.3 Å². The van der Waals surface area contributed by atoms with E-state index in [-0.39, 0.29) is 5.92 Å². The zero-order chi connectivity index (χ0) is 18.3. The number of rotatable bonds is 4. The van der Waals surface area contributed by atoms with Crippen molar-refractivity contribution in [1.82, 2.24) is 14.3 Å². The van der Waals surface area contributed by atoms with E-state index >= 15 is 0 Å². The summed E-state index contributed by atoms with van der Waals surface area (Å²) in [6.07, 6.45) is 3.34. The third-order valence-corrected chi connectivity index (χ3v) is 6.64. The molecule has 0 atom stereocenters. The van der Waals surface area contributed by atoms with Crippen molar-refractivity contribution in [3.05, 3.63) is 65.9 Å². The molecule has 1 aromatic carbocycles. The summed E-state index contributed by atoms with van der Waals surface area (Å²) >= 11 is 0. The first-order valence-corrected chi connectivity index (χ1v) is 9.83. The summed E-state index contributed by atoms with van der Waals surface area (Å²) in [5.74, 6) is 1.26. The van der Waals surface area contributed by atoms with Gasteiger partial charge < -0.3 is 4.42 Å². The molecule has 0 amide bonds. The molecule has 7 heteroatoms. The average molecular weight is 369 g/mol. The van der Waals surface area contributed by atoms with E-state index in [0.717, 1.165) is 5.69 Å². The van der Waals surface area contributed by atoms with Crippen LogP contribution in [0.4, 0.5) is 0 Å². The normalized spacial score (nSPS) is 15.8. The SMILES string of the molecule is Cc1ncc(-c2ccc(C)c(S(=O)(=O)N3CC(c4ccccn4)C3)c2)o1. The minimum Gasteiger partial charge on any atom is -0.441 e. The van der Waals surface area contributed by atoms with E-state index in [1.54, 1.807) is 38.4 Å². The number of pyridine rings is 1. The number of aryl methyl sites for hydroxylation is 2. The lowest BCUT2D eigenvalue weighted by Gasteiger charge is -2.38. The molecule has 0 bridgehead atoms. The Morgan fingerprint density at radius 1 is 1.12 bits per heavy atom. The lowest BCUT2D eigenvalue weighted by molar-refractivity contribution is 0.260. The van der Waals surface area contributed by atoms with Crippen LogP contribution in [0.5, 0.6) is 0 Å². The van der Waals surface area contributed by atoms with E-state index in [4.69, 9.17) is 4.42 Å². The maximum atomic E-state index is 13.1. The zero-order valence-electron chi connectivity index (χ0n) is 14.6. The molecule has 2 aromatic heterocycles. The zero-order valence-corrected chi connectivity index (χ0v) is 15.4. The summed E-state index contributed by atoms with van der Waals surface area (Å²) in [4.78, 5) is 8.71. The molecule has 3 heterocycles. The van der Waals surface area contributed by atoms with Crippen LogP contribution in [0, 0.1) is 13.8 Å². The number of hydrogen-bond acceptors (Lipinski definition) is 5. The van der Waals surface area contributed by atoms with Crippen molar-refractivity contribution in [2.75, 3.05) is 13.1 Å². The number of hydrogen-bond donors (Lipinski definition) is 0. The van der Waals surface area contributed by atoms with Crippen LogP contribution in [0.1, 0.15) is 23.1 Å². The highest BCUT2D eigenvalue weighted by Gasteiger charge is 2.38. The number of nitrogens with zero attached hydrogens (tertiary/aromatic N) is 3. The first-order chi connectivity index (χ1) is 12.4. The van der Waals surface area contributed by atoms with Gasteiger partial charge in [-0.1, -0.05) is 18.2 Å². The third-order valence-electron chi connectivity index (χ3n) is 4.67. The van der Waals surface area contributed by atoms with Gasteiger partial charge in [0.1, 0.15) is 0 Å². The molecule has 3 aromatic rings. The molecule has 0 radical (unpaired) electrons. The van der Waals surface area contributed by atoms with Crippen LogP contribution < -0.4 is 0 Å². The molecule has 0 N–H and O–H groups in total. The summed E-state index contributed by atoms with van der Waals surface area (Å²) in [5.41, 5.74) is 2.35. The summed E-state index contributed by atoms with van der Waals surface area (Å²) in [7, 11) is -3.55. The first-order valence-electron chi connectivity index (χ1n) is 8.39. The highest BCUT2D eigenvalue weighted by atomic mass is 32.2. The molecule has 4 rings (SSSR count). The predicted molar refractivity (Wildman–Crippen MR) is 97.1 cm³/mol. The van der Waals surface area contributed by atoms with Gasteiger partial charge in [-0.3, -0.25) is 4.98 Å². The van der Waals surface area contributed by atoms with E-state index in [2.05, 4.69) is 9.97 Å². The Kier molecular flexibility index (Phi) is 4.13. The van der Waals surface area contributed by atoms with Gasteiger partial charge in [0.05, 0.1) is 11.1 Å². The second-order valence-corrected chi connectivity index (χ2v) is 8.40. The maximum Gasteiger partial charge on any atom is 0.243 e. The van der Waals surface area contributed by atoms with Crippen molar-refractivity contribution in [1.29, 1.82) is 0 Å². The van der Waals surface area contributed by atoms with Crippen molar-refractivity contribution < 1.29 is 12.8 Å². The molecule has 1 aliphatic rings. The Hall–Kier alpha value is -2.51. The first kappa shape index (κ1) is 16.9. The average Bonchev–Trinajstić information content (AvgIpc) is 3.01. The van der Waals surface area contributed by atoms with Crippen LogP contribution in [0.2, 0.25) is 0 Å². The topological polar surface area (TPSA) is 76.3 Å². The van der Waals surface area contributed by atoms with Crippen molar-refractivity contribution >= 4 is 10.0 Å². The monoisotopic (exact) mass is 369 g/mol. The van der Waals surface area contributed by atoms with Gasteiger partial charge in [-0.2, -0.15) is 4.31 Å². The molecular weight excluding hydrogens is 350 g/mol. The molecule has 6 nitrogen and oxygen atoms in total. The molecule has 0 aliphatic carbocycles. The van der Waals surface area contributed by atoms with Crippen molar-refractivity contribution in [2.24, 2.45) is 0 Å². The number of sulfonamides is 1. The third kappa shape index (κ3) is 2.93. The van der Waals surface area contributed by atoms with E-state index in [1.165, 1.54) is 4.31 Å². The largest absolute Gasteiger partial charge is 0.441 e. The Morgan fingerprint density at radius 2 is 1.92 bits per heavy atom. The van der Waals surface area contributed by atoms with Crippen molar-refractivity contribution in [3.63, 3.8) is 0 Å². The molecule has 134 valence electrons. The smallest absolute Gasteiger partial charge is 0.243 e. The molecule has 1 aliphatic heterocycles.